The van der Waals surface area contributed by atoms with E-state index in [1.54, 1.807) is 60.7 Å². The fraction of sp³-hybridized carbons (Fsp3) is 0.333. The highest BCUT2D eigenvalue weighted by atomic mass is 79.9. The van der Waals surface area contributed by atoms with Gasteiger partial charge < -0.3 is 10.2 Å². The van der Waals surface area contributed by atoms with Gasteiger partial charge in [0, 0.05) is 22.6 Å². The highest BCUT2D eigenvalue weighted by molar-refractivity contribution is 9.10. The molecule has 0 unspecified atom stereocenters. The van der Waals surface area contributed by atoms with Crippen molar-refractivity contribution >= 4 is 55.1 Å². The third-order valence-electron chi connectivity index (χ3n) is 6.47. The monoisotopic (exact) mass is 647 g/mol. The quantitative estimate of drug-likeness (QED) is 0.220. The third kappa shape index (κ3) is 8.32. The van der Waals surface area contributed by atoms with Crippen molar-refractivity contribution < 1.29 is 18.0 Å². The number of carbonyl (C=O) groups is 2. The van der Waals surface area contributed by atoms with E-state index in [1.165, 1.54) is 17.0 Å². The molecule has 3 aromatic carbocycles. The molecule has 2 amide bonds. The zero-order valence-electron chi connectivity index (χ0n) is 22.9. The number of halogens is 2. The SMILES string of the molecule is CCCCNC(=O)[C@@H](CC)N(Cc1ccc(Cl)cc1)C(=O)CN(c1cccc(Br)c1)S(=O)(=O)c1ccc(C)cc1. The summed E-state index contributed by atoms with van der Waals surface area (Å²) >= 11 is 9.48. The standard InChI is InChI=1S/C30H35BrClN3O4S/c1-4-6-18-33-30(37)28(5-2)34(20-23-12-14-25(32)15-13-23)29(36)21-35(26-9-7-8-24(31)19-26)40(38,39)27-16-10-22(3)11-17-27/h7-17,19,28H,4-6,18,20-21H2,1-3H3,(H,33,37)/t28-/m1/s1. The van der Waals surface area contributed by atoms with Crippen molar-refractivity contribution in [1.29, 1.82) is 0 Å². The van der Waals surface area contributed by atoms with Crippen LogP contribution in [0.15, 0.2) is 82.2 Å². The van der Waals surface area contributed by atoms with E-state index in [2.05, 4.69) is 21.2 Å². The number of amides is 2. The maximum atomic E-state index is 14.1. The average molecular weight is 649 g/mol. The molecule has 0 aliphatic carbocycles. The number of carbonyl (C=O) groups excluding carboxylic acids is 2. The molecule has 214 valence electrons. The highest BCUT2D eigenvalue weighted by Crippen LogP contribution is 2.27. The van der Waals surface area contributed by atoms with Crippen LogP contribution in [0.5, 0.6) is 0 Å². The van der Waals surface area contributed by atoms with Gasteiger partial charge in [0.1, 0.15) is 12.6 Å². The molecule has 0 radical (unpaired) electrons. The summed E-state index contributed by atoms with van der Waals surface area (Å²) in [4.78, 5) is 28.8. The molecule has 0 spiro atoms. The van der Waals surface area contributed by atoms with Gasteiger partial charge in [-0.3, -0.25) is 13.9 Å². The molecule has 3 aromatic rings. The summed E-state index contributed by atoms with van der Waals surface area (Å²) in [5.74, 6) is -0.767. The first-order valence-corrected chi connectivity index (χ1v) is 15.8. The van der Waals surface area contributed by atoms with Crippen LogP contribution in [0, 0.1) is 6.92 Å². The second-order valence-corrected chi connectivity index (χ2v) is 12.7. The van der Waals surface area contributed by atoms with Gasteiger partial charge in [-0.1, -0.05) is 83.7 Å². The Morgan fingerprint density at radius 1 is 1.00 bits per heavy atom. The lowest BCUT2D eigenvalue weighted by Gasteiger charge is -2.33. The van der Waals surface area contributed by atoms with Crippen LogP contribution in [0.2, 0.25) is 5.02 Å². The van der Waals surface area contributed by atoms with Gasteiger partial charge in [0.15, 0.2) is 0 Å². The Kier molecular flexibility index (Phi) is 11.6. The van der Waals surface area contributed by atoms with Crippen molar-refractivity contribution in [1.82, 2.24) is 10.2 Å². The van der Waals surface area contributed by atoms with Crippen molar-refractivity contribution in [2.45, 2.75) is 57.5 Å². The average Bonchev–Trinajstić information content (AvgIpc) is 2.93. The fourth-order valence-corrected chi connectivity index (χ4v) is 6.13. The number of unbranched alkanes of at least 4 members (excludes halogenated alkanes) is 1. The number of aryl methyl sites for hydroxylation is 1. The zero-order chi connectivity index (χ0) is 29.3. The lowest BCUT2D eigenvalue weighted by Crippen LogP contribution is -2.52. The summed E-state index contributed by atoms with van der Waals surface area (Å²) in [6.45, 7) is 5.87. The Hall–Kier alpha value is -2.88. The van der Waals surface area contributed by atoms with Crippen LogP contribution in [0.25, 0.3) is 0 Å². The molecule has 0 aliphatic rings. The Morgan fingerprint density at radius 2 is 1.68 bits per heavy atom. The number of anilines is 1. The van der Waals surface area contributed by atoms with Gasteiger partial charge in [-0.05, 0) is 67.8 Å². The molecule has 0 aliphatic heterocycles. The summed E-state index contributed by atoms with van der Waals surface area (Å²) in [7, 11) is -4.12. The highest BCUT2D eigenvalue weighted by Gasteiger charge is 2.33. The second kappa shape index (κ2) is 14.7. The number of hydrogen-bond acceptors (Lipinski definition) is 4. The summed E-state index contributed by atoms with van der Waals surface area (Å²) in [5.41, 5.74) is 2.01. The Balaban J connectivity index is 2.03. The molecular formula is C30H35BrClN3O4S. The summed E-state index contributed by atoms with van der Waals surface area (Å²) in [6.07, 6.45) is 2.10. The van der Waals surface area contributed by atoms with Gasteiger partial charge in [-0.25, -0.2) is 8.42 Å². The molecule has 0 saturated carbocycles. The lowest BCUT2D eigenvalue weighted by atomic mass is 10.1. The van der Waals surface area contributed by atoms with E-state index in [-0.39, 0.29) is 17.3 Å². The molecule has 7 nitrogen and oxygen atoms in total. The fourth-order valence-electron chi connectivity index (χ4n) is 4.21. The van der Waals surface area contributed by atoms with Crippen LogP contribution in [-0.4, -0.2) is 44.3 Å². The number of sulfonamides is 1. The minimum Gasteiger partial charge on any atom is -0.354 e. The number of benzene rings is 3. The van der Waals surface area contributed by atoms with E-state index in [4.69, 9.17) is 11.6 Å². The van der Waals surface area contributed by atoms with Crippen LogP contribution >= 0.6 is 27.5 Å². The third-order valence-corrected chi connectivity index (χ3v) is 9.00. The first-order chi connectivity index (χ1) is 19.1. The number of nitrogens with zero attached hydrogens (tertiary/aromatic N) is 2. The number of rotatable bonds is 13. The molecule has 3 rings (SSSR count). The van der Waals surface area contributed by atoms with Gasteiger partial charge in [0.05, 0.1) is 10.6 Å². The summed E-state index contributed by atoms with van der Waals surface area (Å²) in [5, 5.41) is 3.48. The maximum Gasteiger partial charge on any atom is 0.264 e. The van der Waals surface area contributed by atoms with Crippen molar-refractivity contribution in [3.8, 4) is 0 Å². The topological polar surface area (TPSA) is 86.8 Å². The van der Waals surface area contributed by atoms with Gasteiger partial charge in [-0.15, -0.1) is 0 Å². The van der Waals surface area contributed by atoms with Crippen LogP contribution in [0.3, 0.4) is 0 Å². The number of nitrogens with one attached hydrogen (secondary N) is 1. The van der Waals surface area contributed by atoms with E-state index in [0.29, 0.717) is 28.1 Å². The summed E-state index contributed by atoms with van der Waals surface area (Å²) in [6, 6.07) is 19.5. The smallest absolute Gasteiger partial charge is 0.264 e. The molecule has 10 heteroatoms. The first-order valence-electron chi connectivity index (χ1n) is 13.2. The van der Waals surface area contributed by atoms with Crippen molar-refractivity contribution in [3.05, 3.63) is 93.4 Å². The van der Waals surface area contributed by atoms with Crippen LogP contribution in [-0.2, 0) is 26.2 Å². The van der Waals surface area contributed by atoms with Gasteiger partial charge >= 0.3 is 0 Å². The van der Waals surface area contributed by atoms with Crippen molar-refractivity contribution in [3.63, 3.8) is 0 Å². The molecule has 40 heavy (non-hydrogen) atoms. The molecule has 1 atom stereocenters. The Morgan fingerprint density at radius 3 is 2.27 bits per heavy atom. The van der Waals surface area contributed by atoms with Crippen LogP contribution < -0.4 is 9.62 Å². The minimum atomic E-state index is -4.12. The zero-order valence-corrected chi connectivity index (χ0v) is 26.1. The normalized spacial score (nSPS) is 12.0. The minimum absolute atomic E-state index is 0.0690. The molecule has 0 heterocycles. The first kappa shape index (κ1) is 31.6. The van der Waals surface area contributed by atoms with Gasteiger partial charge in [0.2, 0.25) is 11.8 Å². The van der Waals surface area contributed by atoms with Crippen molar-refractivity contribution in [2.24, 2.45) is 0 Å². The van der Waals surface area contributed by atoms with E-state index in [0.717, 1.165) is 28.3 Å². The maximum absolute atomic E-state index is 14.1. The van der Waals surface area contributed by atoms with E-state index in [9.17, 15) is 18.0 Å². The van der Waals surface area contributed by atoms with Gasteiger partial charge in [-0.2, -0.15) is 0 Å². The molecule has 0 aromatic heterocycles. The van der Waals surface area contributed by atoms with E-state index >= 15 is 0 Å². The Bertz CT molecular complexity index is 1400. The van der Waals surface area contributed by atoms with Gasteiger partial charge in [0.25, 0.3) is 10.0 Å². The van der Waals surface area contributed by atoms with Crippen LogP contribution in [0.4, 0.5) is 5.69 Å². The molecule has 1 N–H and O–H groups in total. The predicted octanol–water partition coefficient (Wildman–Crippen LogP) is 6.33. The second-order valence-electron chi connectivity index (χ2n) is 9.52. The molecule has 0 saturated heterocycles. The van der Waals surface area contributed by atoms with E-state index < -0.39 is 28.5 Å². The molecule has 0 fully saturated rings. The predicted molar refractivity (Wildman–Crippen MR) is 164 cm³/mol. The summed E-state index contributed by atoms with van der Waals surface area (Å²) < 4.78 is 29.6. The Labute approximate surface area is 250 Å². The molecule has 0 bridgehead atoms. The number of hydrogen-bond donors (Lipinski definition) is 1. The lowest BCUT2D eigenvalue weighted by molar-refractivity contribution is -0.140. The van der Waals surface area contributed by atoms with Crippen molar-refractivity contribution in [2.75, 3.05) is 17.4 Å². The largest absolute Gasteiger partial charge is 0.354 e. The van der Waals surface area contributed by atoms with Crippen LogP contribution in [0.1, 0.15) is 44.2 Å². The van der Waals surface area contributed by atoms with E-state index in [1.807, 2.05) is 20.8 Å². The molecular weight excluding hydrogens is 614 g/mol.